The summed E-state index contributed by atoms with van der Waals surface area (Å²) in [7, 11) is 0. The van der Waals surface area contributed by atoms with E-state index in [0.717, 1.165) is 35.8 Å². The summed E-state index contributed by atoms with van der Waals surface area (Å²) < 4.78 is 0.963. The Hall–Kier alpha value is -0.700. The average molecular weight is 254 g/mol. The van der Waals surface area contributed by atoms with Crippen LogP contribution >= 0.6 is 15.9 Å². The first-order valence-corrected chi connectivity index (χ1v) is 5.71. The zero-order valence-corrected chi connectivity index (χ0v) is 9.46. The molecule has 0 saturated heterocycles. The summed E-state index contributed by atoms with van der Waals surface area (Å²) in [6.07, 6.45) is 5.65. The van der Waals surface area contributed by atoms with Gasteiger partial charge in [-0.05, 0) is 40.9 Å². The Balaban J connectivity index is 2.20. The highest BCUT2D eigenvalue weighted by Gasteiger charge is 2.24. The molecule has 1 saturated carbocycles. The van der Waals surface area contributed by atoms with Crippen LogP contribution in [0.25, 0.3) is 0 Å². The van der Waals surface area contributed by atoms with Gasteiger partial charge >= 0.3 is 0 Å². The molecule has 1 aliphatic rings. The Labute approximate surface area is 91.9 Å². The van der Waals surface area contributed by atoms with Gasteiger partial charge < -0.3 is 0 Å². The van der Waals surface area contributed by atoms with Crippen molar-refractivity contribution in [3.8, 4) is 0 Å². The lowest BCUT2D eigenvalue weighted by atomic mass is 9.85. The molecule has 2 rings (SSSR count). The third-order valence-corrected chi connectivity index (χ3v) is 3.13. The third kappa shape index (κ3) is 2.03. The summed E-state index contributed by atoms with van der Waals surface area (Å²) in [6, 6.07) is 3.89. The molecule has 0 aliphatic heterocycles. The first-order valence-electron chi connectivity index (χ1n) is 4.91. The van der Waals surface area contributed by atoms with Gasteiger partial charge in [0, 0.05) is 17.1 Å². The Morgan fingerprint density at radius 2 is 2.21 bits per heavy atom. The highest BCUT2D eigenvalue weighted by molar-refractivity contribution is 9.10. The lowest BCUT2D eigenvalue weighted by Crippen LogP contribution is -2.17. The van der Waals surface area contributed by atoms with Gasteiger partial charge in [0.1, 0.15) is 5.78 Å². The monoisotopic (exact) mass is 253 g/mol. The first kappa shape index (κ1) is 9.84. The van der Waals surface area contributed by atoms with Crippen LogP contribution in [-0.2, 0) is 4.79 Å². The molecule has 1 atom stereocenters. The Morgan fingerprint density at radius 3 is 2.86 bits per heavy atom. The minimum absolute atomic E-state index is 0.0526. The number of carbonyl (C=O) groups is 1. The maximum Gasteiger partial charge on any atom is 0.141 e. The average Bonchev–Trinajstić information content (AvgIpc) is 2.20. The molecule has 1 aromatic heterocycles. The van der Waals surface area contributed by atoms with Gasteiger partial charge in [-0.3, -0.25) is 9.78 Å². The molecular formula is C11H12BrNO. The van der Waals surface area contributed by atoms with E-state index < -0.39 is 0 Å². The lowest BCUT2D eigenvalue weighted by Gasteiger charge is -2.19. The van der Waals surface area contributed by atoms with Gasteiger partial charge in [0.05, 0.1) is 11.6 Å². The van der Waals surface area contributed by atoms with Crippen LogP contribution in [0.5, 0.6) is 0 Å². The number of hydrogen-bond donors (Lipinski definition) is 0. The summed E-state index contributed by atoms with van der Waals surface area (Å²) >= 11 is 3.34. The SMILES string of the molecule is O=C1CCCC[C@H]1c1ccc(Br)cn1. The van der Waals surface area contributed by atoms with E-state index in [1.807, 2.05) is 12.1 Å². The molecule has 1 aromatic rings. The van der Waals surface area contributed by atoms with E-state index in [4.69, 9.17) is 0 Å². The maximum atomic E-state index is 11.6. The molecule has 0 spiro atoms. The fourth-order valence-electron chi connectivity index (χ4n) is 1.89. The van der Waals surface area contributed by atoms with E-state index >= 15 is 0 Å². The molecule has 0 radical (unpaired) electrons. The summed E-state index contributed by atoms with van der Waals surface area (Å²) in [5, 5.41) is 0. The van der Waals surface area contributed by atoms with Crippen LogP contribution in [0.15, 0.2) is 22.8 Å². The number of carbonyl (C=O) groups excluding carboxylic acids is 1. The van der Waals surface area contributed by atoms with Crippen LogP contribution in [0, 0.1) is 0 Å². The molecule has 14 heavy (non-hydrogen) atoms. The zero-order valence-electron chi connectivity index (χ0n) is 7.87. The summed E-state index contributed by atoms with van der Waals surface area (Å²) in [6.45, 7) is 0. The van der Waals surface area contributed by atoms with Crippen molar-refractivity contribution in [1.82, 2.24) is 4.98 Å². The molecule has 74 valence electrons. The minimum Gasteiger partial charge on any atom is -0.299 e. The standard InChI is InChI=1S/C11H12BrNO/c12-8-5-6-10(13-7-8)9-3-1-2-4-11(9)14/h5-7,9H,1-4H2/t9-/m0/s1. The van der Waals surface area contributed by atoms with Crippen LogP contribution in [0.4, 0.5) is 0 Å². The molecule has 0 unspecified atom stereocenters. The third-order valence-electron chi connectivity index (χ3n) is 2.66. The highest BCUT2D eigenvalue weighted by Crippen LogP contribution is 2.28. The van der Waals surface area contributed by atoms with E-state index in [0.29, 0.717) is 5.78 Å². The van der Waals surface area contributed by atoms with Crippen LogP contribution < -0.4 is 0 Å². The van der Waals surface area contributed by atoms with Crippen molar-refractivity contribution in [2.45, 2.75) is 31.6 Å². The number of halogens is 1. The number of rotatable bonds is 1. The van der Waals surface area contributed by atoms with Gasteiger partial charge in [-0.1, -0.05) is 6.42 Å². The fourth-order valence-corrected chi connectivity index (χ4v) is 2.12. The second-order valence-electron chi connectivity index (χ2n) is 3.67. The second kappa shape index (κ2) is 4.22. The summed E-state index contributed by atoms with van der Waals surface area (Å²) in [5.41, 5.74) is 0.929. The Morgan fingerprint density at radius 1 is 1.36 bits per heavy atom. The first-order chi connectivity index (χ1) is 6.77. The summed E-state index contributed by atoms with van der Waals surface area (Å²) in [4.78, 5) is 15.9. The van der Waals surface area contributed by atoms with Gasteiger partial charge in [-0.15, -0.1) is 0 Å². The van der Waals surface area contributed by atoms with Crippen LogP contribution in [0.3, 0.4) is 0 Å². The summed E-state index contributed by atoms with van der Waals surface area (Å²) in [5.74, 6) is 0.405. The number of ketones is 1. The van der Waals surface area contributed by atoms with Crippen molar-refractivity contribution >= 4 is 21.7 Å². The largest absolute Gasteiger partial charge is 0.299 e. The van der Waals surface area contributed by atoms with Gasteiger partial charge in [0.15, 0.2) is 0 Å². The van der Waals surface area contributed by atoms with Crippen molar-refractivity contribution < 1.29 is 4.79 Å². The van der Waals surface area contributed by atoms with E-state index in [-0.39, 0.29) is 5.92 Å². The zero-order chi connectivity index (χ0) is 9.97. The van der Waals surface area contributed by atoms with E-state index in [9.17, 15) is 4.79 Å². The fraction of sp³-hybridized carbons (Fsp3) is 0.455. The predicted molar refractivity (Wildman–Crippen MR) is 58.2 cm³/mol. The van der Waals surface area contributed by atoms with Crippen LogP contribution in [0.2, 0.25) is 0 Å². The highest BCUT2D eigenvalue weighted by atomic mass is 79.9. The Kier molecular flexibility index (Phi) is 2.96. The van der Waals surface area contributed by atoms with Crippen molar-refractivity contribution in [1.29, 1.82) is 0 Å². The normalized spacial score (nSPS) is 22.4. The Bertz CT molecular complexity index is 334. The molecule has 1 heterocycles. The number of aromatic nitrogens is 1. The van der Waals surface area contributed by atoms with Gasteiger partial charge in [0.2, 0.25) is 0 Å². The lowest BCUT2D eigenvalue weighted by molar-refractivity contribution is -0.121. The minimum atomic E-state index is 0.0526. The number of nitrogens with zero attached hydrogens (tertiary/aromatic N) is 1. The molecule has 0 aromatic carbocycles. The quantitative estimate of drug-likeness (QED) is 0.770. The second-order valence-corrected chi connectivity index (χ2v) is 4.58. The number of Topliss-reactive ketones (excluding diaryl/α,β-unsaturated/α-hetero) is 1. The van der Waals surface area contributed by atoms with E-state index in [2.05, 4.69) is 20.9 Å². The molecule has 1 aliphatic carbocycles. The van der Waals surface area contributed by atoms with E-state index in [1.165, 1.54) is 0 Å². The van der Waals surface area contributed by atoms with Crippen LogP contribution in [0.1, 0.15) is 37.3 Å². The van der Waals surface area contributed by atoms with Crippen molar-refractivity contribution in [2.75, 3.05) is 0 Å². The smallest absolute Gasteiger partial charge is 0.141 e. The molecule has 2 nitrogen and oxygen atoms in total. The molecule has 3 heteroatoms. The molecule has 0 N–H and O–H groups in total. The van der Waals surface area contributed by atoms with Gasteiger partial charge in [-0.25, -0.2) is 0 Å². The molecule has 0 amide bonds. The molecule has 0 bridgehead atoms. The topological polar surface area (TPSA) is 30.0 Å². The maximum absolute atomic E-state index is 11.6. The predicted octanol–water partition coefficient (Wildman–Crippen LogP) is 3.07. The number of pyridine rings is 1. The molecular weight excluding hydrogens is 242 g/mol. The van der Waals surface area contributed by atoms with Crippen LogP contribution in [-0.4, -0.2) is 10.8 Å². The van der Waals surface area contributed by atoms with Crippen molar-refractivity contribution in [3.63, 3.8) is 0 Å². The van der Waals surface area contributed by atoms with E-state index in [1.54, 1.807) is 6.20 Å². The van der Waals surface area contributed by atoms with Gasteiger partial charge in [0.25, 0.3) is 0 Å². The number of hydrogen-bond acceptors (Lipinski definition) is 2. The van der Waals surface area contributed by atoms with Crippen molar-refractivity contribution in [3.05, 3.63) is 28.5 Å². The molecule has 1 fully saturated rings. The van der Waals surface area contributed by atoms with Gasteiger partial charge in [-0.2, -0.15) is 0 Å². The van der Waals surface area contributed by atoms with Crippen molar-refractivity contribution in [2.24, 2.45) is 0 Å².